The number of aryl methyl sites for hydroxylation is 2. The van der Waals surface area contributed by atoms with Crippen LogP contribution in [0.2, 0.25) is 0 Å². The SMILES string of the molecule is Cc1cccc(-n2c(C)cc(C(=O)CSc3nnnn3C3CC3)c2C)c1. The van der Waals surface area contributed by atoms with Crippen LogP contribution in [0.15, 0.2) is 35.5 Å². The van der Waals surface area contributed by atoms with E-state index in [4.69, 9.17) is 0 Å². The molecule has 3 aromatic rings. The molecule has 2 heterocycles. The number of hydrogen-bond acceptors (Lipinski definition) is 5. The zero-order valence-electron chi connectivity index (χ0n) is 15.1. The lowest BCUT2D eigenvalue weighted by Crippen LogP contribution is -2.07. The Kier molecular flexibility index (Phi) is 4.40. The minimum atomic E-state index is 0.104. The molecule has 134 valence electrons. The maximum absolute atomic E-state index is 12.8. The Hall–Kier alpha value is -2.41. The van der Waals surface area contributed by atoms with Crippen LogP contribution in [0.4, 0.5) is 0 Å². The van der Waals surface area contributed by atoms with Crippen molar-refractivity contribution in [3.05, 3.63) is 52.8 Å². The van der Waals surface area contributed by atoms with Crippen LogP contribution >= 0.6 is 11.8 Å². The van der Waals surface area contributed by atoms with E-state index in [2.05, 4.69) is 45.2 Å². The first-order valence-corrected chi connectivity index (χ1v) is 9.73. The Bertz CT molecular complexity index is 970. The third-order valence-electron chi connectivity index (χ3n) is 4.68. The molecule has 1 fully saturated rings. The summed E-state index contributed by atoms with van der Waals surface area (Å²) >= 11 is 1.42. The molecule has 0 N–H and O–H groups in total. The zero-order valence-corrected chi connectivity index (χ0v) is 16.0. The summed E-state index contributed by atoms with van der Waals surface area (Å²) in [5, 5.41) is 12.6. The summed E-state index contributed by atoms with van der Waals surface area (Å²) in [6.45, 7) is 6.11. The Morgan fingerprint density at radius 1 is 1.23 bits per heavy atom. The van der Waals surface area contributed by atoms with E-state index in [0.29, 0.717) is 11.8 Å². The van der Waals surface area contributed by atoms with Crippen molar-refractivity contribution in [2.24, 2.45) is 0 Å². The monoisotopic (exact) mass is 367 g/mol. The van der Waals surface area contributed by atoms with Crippen molar-refractivity contribution in [1.29, 1.82) is 0 Å². The molecule has 2 aromatic heterocycles. The minimum Gasteiger partial charge on any atom is -0.318 e. The van der Waals surface area contributed by atoms with Gasteiger partial charge in [0.1, 0.15) is 0 Å². The molecule has 1 saturated carbocycles. The summed E-state index contributed by atoms with van der Waals surface area (Å²) in [7, 11) is 0. The number of carbonyl (C=O) groups is 1. The van der Waals surface area contributed by atoms with Crippen LogP contribution in [0.3, 0.4) is 0 Å². The molecule has 0 atom stereocenters. The molecular formula is C19H21N5OS. The van der Waals surface area contributed by atoms with Crippen molar-refractivity contribution in [2.45, 2.75) is 44.8 Å². The molecule has 0 radical (unpaired) electrons. The van der Waals surface area contributed by atoms with Gasteiger partial charge in [0.25, 0.3) is 0 Å². The average Bonchev–Trinajstić information content (AvgIpc) is 3.27. The van der Waals surface area contributed by atoms with Crippen LogP contribution in [0.1, 0.15) is 46.2 Å². The number of benzene rings is 1. The van der Waals surface area contributed by atoms with E-state index in [1.54, 1.807) is 0 Å². The van der Waals surface area contributed by atoms with E-state index in [0.717, 1.165) is 40.6 Å². The van der Waals surface area contributed by atoms with Crippen LogP contribution in [-0.2, 0) is 0 Å². The second-order valence-electron chi connectivity index (χ2n) is 6.81. The van der Waals surface area contributed by atoms with Crippen LogP contribution < -0.4 is 0 Å². The first kappa shape index (κ1) is 17.0. The van der Waals surface area contributed by atoms with E-state index in [1.165, 1.54) is 17.3 Å². The highest BCUT2D eigenvalue weighted by atomic mass is 32.2. The lowest BCUT2D eigenvalue weighted by Gasteiger charge is -2.10. The van der Waals surface area contributed by atoms with Crippen molar-refractivity contribution in [3.63, 3.8) is 0 Å². The number of tetrazole rings is 1. The molecule has 0 aliphatic heterocycles. The number of aromatic nitrogens is 5. The fourth-order valence-electron chi connectivity index (χ4n) is 3.25. The Balaban J connectivity index is 1.55. The van der Waals surface area contributed by atoms with E-state index in [9.17, 15) is 4.79 Å². The molecule has 0 saturated heterocycles. The van der Waals surface area contributed by atoms with E-state index in [1.807, 2.05) is 30.7 Å². The third kappa shape index (κ3) is 3.19. The first-order chi connectivity index (χ1) is 12.5. The average molecular weight is 367 g/mol. The van der Waals surface area contributed by atoms with Gasteiger partial charge in [-0.2, -0.15) is 0 Å². The normalized spacial score (nSPS) is 14.0. The van der Waals surface area contributed by atoms with Gasteiger partial charge in [0.15, 0.2) is 5.78 Å². The van der Waals surface area contributed by atoms with E-state index in [-0.39, 0.29) is 5.78 Å². The van der Waals surface area contributed by atoms with E-state index < -0.39 is 0 Å². The van der Waals surface area contributed by atoms with Crippen molar-refractivity contribution < 1.29 is 4.79 Å². The van der Waals surface area contributed by atoms with Gasteiger partial charge in [0.2, 0.25) is 5.16 Å². The molecule has 6 nitrogen and oxygen atoms in total. The van der Waals surface area contributed by atoms with Crippen LogP contribution in [0.25, 0.3) is 5.69 Å². The highest BCUT2D eigenvalue weighted by Crippen LogP contribution is 2.36. The second kappa shape index (κ2) is 6.72. The number of Topliss-reactive ketones (excluding diaryl/α,β-unsaturated/α-hetero) is 1. The summed E-state index contributed by atoms with van der Waals surface area (Å²) in [5.74, 6) is 0.443. The molecule has 4 rings (SSSR count). The van der Waals surface area contributed by atoms with Gasteiger partial charge < -0.3 is 4.57 Å². The second-order valence-corrected chi connectivity index (χ2v) is 7.75. The standard InChI is InChI=1S/C19H21N5OS/c1-12-5-4-6-16(9-12)23-13(2)10-17(14(23)3)18(25)11-26-19-20-21-22-24(19)15-7-8-15/h4-6,9-10,15H,7-8,11H2,1-3H3. The Labute approximate surface area is 156 Å². The topological polar surface area (TPSA) is 65.6 Å². The van der Waals surface area contributed by atoms with E-state index >= 15 is 0 Å². The minimum absolute atomic E-state index is 0.104. The van der Waals surface area contributed by atoms with Gasteiger partial charge in [-0.15, -0.1) is 5.10 Å². The number of rotatable bonds is 6. The highest BCUT2D eigenvalue weighted by molar-refractivity contribution is 7.99. The summed E-state index contributed by atoms with van der Waals surface area (Å²) < 4.78 is 3.98. The summed E-state index contributed by atoms with van der Waals surface area (Å²) in [4.78, 5) is 12.8. The first-order valence-electron chi connectivity index (χ1n) is 8.74. The summed E-state index contributed by atoms with van der Waals surface area (Å²) in [6, 6.07) is 10.7. The largest absolute Gasteiger partial charge is 0.318 e. The summed E-state index contributed by atoms with van der Waals surface area (Å²) in [6.07, 6.45) is 2.23. The number of hydrogen-bond donors (Lipinski definition) is 0. The molecular weight excluding hydrogens is 346 g/mol. The van der Waals surface area contributed by atoms with Gasteiger partial charge in [0.05, 0.1) is 11.8 Å². The number of thioether (sulfide) groups is 1. The summed E-state index contributed by atoms with van der Waals surface area (Å²) in [5.41, 5.74) is 5.08. The number of carbonyl (C=O) groups excluding carboxylic acids is 1. The lowest BCUT2D eigenvalue weighted by atomic mass is 10.2. The van der Waals surface area contributed by atoms with Crippen LogP contribution in [0, 0.1) is 20.8 Å². The van der Waals surface area contributed by atoms with Crippen molar-refractivity contribution in [2.75, 3.05) is 5.75 Å². The predicted molar refractivity (Wildman–Crippen MR) is 101 cm³/mol. The van der Waals surface area contributed by atoms with Crippen molar-refractivity contribution >= 4 is 17.5 Å². The molecule has 7 heteroatoms. The molecule has 0 bridgehead atoms. The molecule has 0 unspecified atom stereocenters. The smallest absolute Gasteiger partial charge is 0.210 e. The van der Waals surface area contributed by atoms with Gasteiger partial charge >= 0.3 is 0 Å². The molecule has 1 aliphatic rings. The number of ketones is 1. The van der Waals surface area contributed by atoms with Crippen molar-refractivity contribution in [1.82, 2.24) is 24.8 Å². The molecule has 0 spiro atoms. The lowest BCUT2D eigenvalue weighted by molar-refractivity contribution is 0.102. The maximum atomic E-state index is 12.8. The fourth-order valence-corrected chi connectivity index (χ4v) is 4.07. The predicted octanol–water partition coefficient (Wildman–Crippen LogP) is 3.70. The van der Waals surface area contributed by atoms with Gasteiger partial charge in [-0.3, -0.25) is 4.79 Å². The zero-order chi connectivity index (χ0) is 18.3. The van der Waals surface area contributed by atoms with Gasteiger partial charge in [-0.1, -0.05) is 23.9 Å². The highest BCUT2D eigenvalue weighted by Gasteiger charge is 2.28. The quantitative estimate of drug-likeness (QED) is 0.491. The third-order valence-corrected chi connectivity index (χ3v) is 5.61. The van der Waals surface area contributed by atoms with Gasteiger partial charge in [0, 0.05) is 22.6 Å². The fraction of sp³-hybridized carbons (Fsp3) is 0.368. The molecule has 26 heavy (non-hydrogen) atoms. The maximum Gasteiger partial charge on any atom is 0.210 e. The molecule has 0 amide bonds. The van der Waals surface area contributed by atoms with Crippen molar-refractivity contribution in [3.8, 4) is 5.69 Å². The molecule has 1 aromatic carbocycles. The number of nitrogens with zero attached hydrogens (tertiary/aromatic N) is 5. The van der Waals surface area contributed by atoms with Crippen LogP contribution in [-0.4, -0.2) is 36.3 Å². The molecule has 1 aliphatic carbocycles. The Morgan fingerprint density at radius 3 is 2.77 bits per heavy atom. The van der Waals surface area contributed by atoms with Crippen LogP contribution in [0.5, 0.6) is 0 Å². The van der Waals surface area contributed by atoms with Gasteiger partial charge in [-0.25, -0.2) is 4.68 Å². The van der Waals surface area contributed by atoms with Gasteiger partial charge in [-0.05, 0) is 67.8 Å². The Morgan fingerprint density at radius 2 is 2.04 bits per heavy atom.